The summed E-state index contributed by atoms with van der Waals surface area (Å²) in [7, 11) is 0. The van der Waals surface area contributed by atoms with Gasteiger partial charge in [-0.2, -0.15) is 0 Å². The van der Waals surface area contributed by atoms with Crippen molar-refractivity contribution in [1.82, 2.24) is 15.3 Å². The van der Waals surface area contributed by atoms with Gasteiger partial charge < -0.3 is 10.2 Å². The third kappa shape index (κ3) is 2.72. The summed E-state index contributed by atoms with van der Waals surface area (Å²) in [4.78, 5) is 22.5. The van der Waals surface area contributed by atoms with Crippen LogP contribution in [0.25, 0.3) is 10.2 Å². The summed E-state index contributed by atoms with van der Waals surface area (Å²) in [6.07, 6.45) is 1.63. The standard InChI is InChI=1S/C15H20N4OS/c1-9(2)11-6-19(7-13(11)18-10(3)20)15-14-12(4-5-21-14)16-8-17-15/h4-5,8-9,11,13H,6-7H2,1-3H3,(H,18,20)/t11-,13+/m0/s1. The van der Waals surface area contributed by atoms with E-state index in [0.29, 0.717) is 11.8 Å². The van der Waals surface area contributed by atoms with E-state index in [1.165, 1.54) is 0 Å². The van der Waals surface area contributed by atoms with Crippen molar-refractivity contribution in [1.29, 1.82) is 0 Å². The van der Waals surface area contributed by atoms with Gasteiger partial charge in [-0.1, -0.05) is 13.8 Å². The molecule has 1 N–H and O–H groups in total. The summed E-state index contributed by atoms with van der Waals surface area (Å²) < 4.78 is 1.13. The Morgan fingerprint density at radius 2 is 2.24 bits per heavy atom. The molecule has 0 aromatic carbocycles. The van der Waals surface area contributed by atoms with Crippen LogP contribution in [-0.4, -0.2) is 35.0 Å². The van der Waals surface area contributed by atoms with E-state index in [2.05, 4.69) is 34.0 Å². The molecule has 2 aromatic heterocycles. The Hall–Kier alpha value is -1.69. The van der Waals surface area contributed by atoms with Gasteiger partial charge in [0, 0.05) is 25.9 Å². The van der Waals surface area contributed by atoms with E-state index in [0.717, 1.165) is 29.1 Å². The number of thiophene rings is 1. The van der Waals surface area contributed by atoms with Crippen LogP contribution < -0.4 is 10.2 Å². The molecule has 1 amide bonds. The van der Waals surface area contributed by atoms with Gasteiger partial charge in [0.15, 0.2) is 0 Å². The molecule has 3 rings (SSSR count). The van der Waals surface area contributed by atoms with Gasteiger partial charge in [-0.25, -0.2) is 9.97 Å². The summed E-state index contributed by atoms with van der Waals surface area (Å²) in [5.41, 5.74) is 0.995. The fraction of sp³-hybridized carbons (Fsp3) is 0.533. The molecule has 0 bridgehead atoms. The highest BCUT2D eigenvalue weighted by atomic mass is 32.1. The number of anilines is 1. The van der Waals surface area contributed by atoms with Crippen LogP contribution in [0.15, 0.2) is 17.8 Å². The number of carbonyl (C=O) groups excluding carboxylic acids is 1. The molecule has 2 atom stereocenters. The van der Waals surface area contributed by atoms with Crippen LogP contribution in [-0.2, 0) is 4.79 Å². The Balaban J connectivity index is 1.90. The summed E-state index contributed by atoms with van der Waals surface area (Å²) in [6, 6.07) is 2.21. The van der Waals surface area contributed by atoms with Crippen molar-refractivity contribution in [3.8, 4) is 0 Å². The third-order valence-corrected chi connectivity index (χ3v) is 5.03. The van der Waals surface area contributed by atoms with Crippen LogP contribution >= 0.6 is 11.3 Å². The molecule has 0 aliphatic carbocycles. The minimum absolute atomic E-state index is 0.0384. The molecule has 21 heavy (non-hydrogen) atoms. The van der Waals surface area contributed by atoms with E-state index in [-0.39, 0.29) is 11.9 Å². The Labute approximate surface area is 128 Å². The Bertz CT molecular complexity index is 654. The van der Waals surface area contributed by atoms with Crippen LogP contribution in [0.4, 0.5) is 5.82 Å². The zero-order chi connectivity index (χ0) is 15.0. The zero-order valence-corrected chi connectivity index (χ0v) is 13.4. The molecule has 6 heteroatoms. The quantitative estimate of drug-likeness (QED) is 0.945. The first kappa shape index (κ1) is 14.3. The predicted octanol–water partition coefficient (Wildman–Crippen LogP) is 2.29. The van der Waals surface area contributed by atoms with Crippen molar-refractivity contribution in [2.24, 2.45) is 11.8 Å². The molecule has 1 fully saturated rings. The van der Waals surface area contributed by atoms with Crippen molar-refractivity contribution < 1.29 is 4.79 Å². The van der Waals surface area contributed by atoms with Crippen molar-refractivity contribution in [2.45, 2.75) is 26.8 Å². The molecule has 1 aliphatic rings. The minimum Gasteiger partial charge on any atom is -0.353 e. The van der Waals surface area contributed by atoms with E-state index in [4.69, 9.17) is 0 Å². The minimum atomic E-state index is 0.0384. The van der Waals surface area contributed by atoms with Gasteiger partial charge >= 0.3 is 0 Å². The molecular weight excluding hydrogens is 284 g/mol. The second-order valence-corrected chi connectivity index (χ2v) is 6.87. The van der Waals surface area contributed by atoms with Gasteiger partial charge in [-0.3, -0.25) is 4.79 Å². The summed E-state index contributed by atoms with van der Waals surface area (Å²) >= 11 is 1.67. The smallest absolute Gasteiger partial charge is 0.217 e. The van der Waals surface area contributed by atoms with Crippen molar-refractivity contribution in [3.63, 3.8) is 0 Å². The first-order valence-electron chi connectivity index (χ1n) is 7.26. The molecule has 1 saturated heterocycles. The number of fused-ring (bicyclic) bond motifs is 1. The SMILES string of the molecule is CC(=O)N[C@@H]1CN(c2ncnc3ccsc23)C[C@H]1C(C)C. The van der Waals surface area contributed by atoms with Gasteiger partial charge in [-0.05, 0) is 17.4 Å². The van der Waals surface area contributed by atoms with E-state index < -0.39 is 0 Å². The maximum Gasteiger partial charge on any atom is 0.217 e. The van der Waals surface area contributed by atoms with Crippen molar-refractivity contribution in [3.05, 3.63) is 17.8 Å². The van der Waals surface area contributed by atoms with Crippen LogP contribution in [0, 0.1) is 11.8 Å². The number of nitrogens with one attached hydrogen (secondary N) is 1. The molecule has 5 nitrogen and oxygen atoms in total. The topological polar surface area (TPSA) is 58.1 Å². The highest BCUT2D eigenvalue weighted by Gasteiger charge is 2.36. The first-order valence-corrected chi connectivity index (χ1v) is 8.14. The van der Waals surface area contributed by atoms with E-state index in [1.807, 2.05) is 11.4 Å². The second-order valence-electron chi connectivity index (χ2n) is 5.95. The number of carbonyl (C=O) groups is 1. The molecule has 1 aliphatic heterocycles. The van der Waals surface area contributed by atoms with Gasteiger partial charge in [0.2, 0.25) is 5.91 Å². The maximum atomic E-state index is 11.4. The molecule has 0 saturated carbocycles. The largest absolute Gasteiger partial charge is 0.353 e. The highest BCUT2D eigenvalue weighted by Crippen LogP contribution is 2.33. The lowest BCUT2D eigenvalue weighted by Gasteiger charge is -2.21. The zero-order valence-electron chi connectivity index (χ0n) is 12.5. The second kappa shape index (κ2) is 5.60. The summed E-state index contributed by atoms with van der Waals surface area (Å²) in [5.74, 6) is 2.00. The molecule has 0 radical (unpaired) electrons. The number of hydrogen-bond acceptors (Lipinski definition) is 5. The molecular formula is C15H20N4OS. The van der Waals surface area contributed by atoms with Crippen molar-refractivity contribution in [2.75, 3.05) is 18.0 Å². The Morgan fingerprint density at radius 1 is 1.43 bits per heavy atom. The van der Waals surface area contributed by atoms with E-state index in [1.54, 1.807) is 24.6 Å². The summed E-state index contributed by atoms with van der Waals surface area (Å²) in [5, 5.41) is 5.14. The number of hydrogen-bond donors (Lipinski definition) is 1. The number of amides is 1. The third-order valence-electron chi connectivity index (χ3n) is 4.13. The average Bonchev–Trinajstić information content (AvgIpc) is 3.03. The maximum absolute atomic E-state index is 11.4. The average molecular weight is 304 g/mol. The Morgan fingerprint density at radius 3 is 2.95 bits per heavy atom. The predicted molar refractivity (Wildman–Crippen MR) is 85.6 cm³/mol. The molecule has 112 valence electrons. The fourth-order valence-electron chi connectivity index (χ4n) is 3.09. The molecule has 2 aromatic rings. The van der Waals surface area contributed by atoms with Gasteiger partial charge in [0.05, 0.1) is 16.3 Å². The molecule has 0 spiro atoms. The van der Waals surface area contributed by atoms with Crippen LogP contribution in [0.5, 0.6) is 0 Å². The number of aromatic nitrogens is 2. The normalized spacial score (nSPS) is 22.2. The monoisotopic (exact) mass is 304 g/mol. The molecule has 0 unspecified atom stereocenters. The lowest BCUT2D eigenvalue weighted by Crippen LogP contribution is -2.40. The van der Waals surface area contributed by atoms with Gasteiger partial charge in [0.25, 0.3) is 0 Å². The van der Waals surface area contributed by atoms with Crippen LogP contribution in [0.2, 0.25) is 0 Å². The highest BCUT2D eigenvalue weighted by molar-refractivity contribution is 7.17. The van der Waals surface area contributed by atoms with Crippen molar-refractivity contribution >= 4 is 33.3 Å². The molecule has 3 heterocycles. The van der Waals surface area contributed by atoms with E-state index >= 15 is 0 Å². The summed E-state index contributed by atoms with van der Waals surface area (Å²) in [6.45, 7) is 7.74. The fourth-order valence-corrected chi connectivity index (χ4v) is 3.95. The Kier molecular flexibility index (Phi) is 3.80. The van der Waals surface area contributed by atoms with Crippen LogP contribution in [0.3, 0.4) is 0 Å². The lowest BCUT2D eigenvalue weighted by molar-refractivity contribution is -0.119. The van der Waals surface area contributed by atoms with E-state index in [9.17, 15) is 4.79 Å². The lowest BCUT2D eigenvalue weighted by atomic mass is 9.91. The number of rotatable bonds is 3. The first-order chi connectivity index (χ1) is 10.1. The van der Waals surface area contributed by atoms with Gasteiger partial charge in [-0.15, -0.1) is 11.3 Å². The van der Waals surface area contributed by atoms with Crippen LogP contribution in [0.1, 0.15) is 20.8 Å². The number of nitrogens with zero attached hydrogens (tertiary/aromatic N) is 3. The van der Waals surface area contributed by atoms with Gasteiger partial charge in [0.1, 0.15) is 12.1 Å².